The standard InChI is InChI=1S/C32H34N6O4/c1-20(2)38-11-9-37(10-12-38)19-25-17-34-31(41-25)26-13-22(15-29-28(26)18-35-36-29)23-14-27(30(40-4)33-16-23)32(39)42-24-7-5-21(3)6-8-24/h5-8,13-18,20H,9-12,19H2,1-4H3,(H,35,36). The lowest BCUT2D eigenvalue weighted by Crippen LogP contribution is -2.48. The van der Waals surface area contributed by atoms with Gasteiger partial charge in [-0.2, -0.15) is 5.10 Å². The number of aromatic amines is 1. The van der Waals surface area contributed by atoms with Crippen molar-refractivity contribution in [3.05, 3.63) is 77.9 Å². The highest BCUT2D eigenvalue weighted by atomic mass is 16.5. The Morgan fingerprint density at radius 3 is 2.52 bits per heavy atom. The first-order valence-corrected chi connectivity index (χ1v) is 14.1. The number of methoxy groups -OCH3 is 1. The number of fused-ring (bicyclic) bond motifs is 1. The molecule has 3 aromatic heterocycles. The van der Waals surface area contributed by atoms with Crippen LogP contribution >= 0.6 is 0 Å². The maximum Gasteiger partial charge on any atom is 0.349 e. The third-order valence-corrected chi connectivity index (χ3v) is 7.69. The predicted molar refractivity (Wildman–Crippen MR) is 159 cm³/mol. The van der Waals surface area contributed by atoms with Gasteiger partial charge in [0.15, 0.2) is 0 Å². The minimum atomic E-state index is -0.556. The van der Waals surface area contributed by atoms with Gasteiger partial charge in [0.1, 0.15) is 17.1 Å². The lowest BCUT2D eigenvalue weighted by atomic mass is 10.00. The molecule has 1 saturated heterocycles. The second kappa shape index (κ2) is 11.8. The largest absolute Gasteiger partial charge is 0.480 e. The molecule has 10 nitrogen and oxygen atoms in total. The lowest BCUT2D eigenvalue weighted by Gasteiger charge is -2.36. The second-order valence-electron chi connectivity index (χ2n) is 10.9. The maximum absolute atomic E-state index is 13.1. The number of hydrogen-bond donors (Lipinski definition) is 1. The van der Waals surface area contributed by atoms with Gasteiger partial charge in [0.25, 0.3) is 0 Å². The quantitative estimate of drug-likeness (QED) is 0.197. The summed E-state index contributed by atoms with van der Waals surface area (Å²) in [6, 6.07) is 13.5. The molecule has 6 rings (SSSR count). The van der Waals surface area contributed by atoms with Crippen LogP contribution in [0.1, 0.15) is 35.5 Å². The van der Waals surface area contributed by atoms with Crippen LogP contribution in [0.5, 0.6) is 11.6 Å². The summed E-state index contributed by atoms with van der Waals surface area (Å²) in [6.45, 7) is 11.2. The van der Waals surface area contributed by atoms with Gasteiger partial charge in [-0.3, -0.25) is 14.9 Å². The van der Waals surface area contributed by atoms with Crippen LogP contribution in [0.3, 0.4) is 0 Å². The minimum Gasteiger partial charge on any atom is -0.480 e. The van der Waals surface area contributed by atoms with Crippen molar-refractivity contribution < 1.29 is 18.7 Å². The number of nitrogens with zero attached hydrogens (tertiary/aromatic N) is 5. The Balaban J connectivity index is 1.28. The Bertz CT molecular complexity index is 1700. The summed E-state index contributed by atoms with van der Waals surface area (Å²) < 4.78 is 17.3. The molecule has 5 aromatic rings. The van der Waals surface area contributed by atoms with Crippen LogP contribution in [0.4, 0.5) is 0 Å². The Kier molecular flexibility index (Phi) is 7.73. The molecule has 0 atom stereocenters. The van der Waals surface area contributed by atoms with Gasteiger partial charge in [-0.25, -0.2) is 14.8 Å². The van der Waals surface area contributed by atoms with Crippen LogP contribution < -0.4 is 9.47 Å². The highest BCUT2D eigenvalue weighted by molar-refractivity contribution is 5.98. The monoisotopic (exact) mass is 566 g/mol. The molecule has 0 spiro atoms. The number of nitrogens with one attached hydrogen (secondary N) is 1. The number of esters is 1. The van der Waals surface area contributed by atoms with Crippen molar-refractivity contribution in [1.29, 1.82) is 0 Å². The van der Waals surface area contributed by atoms with Gasteiger partial charge in [0.05, 0.1) is 31.6 Å². The van der Waals surface area contributed by atoms with Crippen LogP contribution in [0, 0.1) is 6.92 Å². The molecule has 1 N–H and O–H groups in total. The van der Waals surface area contributed by atoms with Crippen molar-refractivity contribution in [3.8, 4) is 34.2 Å². The molecule has 0 unspecified atom stereocenters. The van der Waals surface area contributed by atoms with Gasteiger partial charge in [-0.05, 0) is 56.7 Å². The molecule has 4 heterocycles. The van der Waals surface area contributed by atoms with E-state index >= 15 is 0 Å². The van der Waals surface area contributed by atoms with Crippen LogP contribution in [-0.4, -0.2) is 75.3 Å². The van der Waals surface area contributed by atoms with Gasteiger partial charge < -0.3 is 13.9 Å². The van der Waals surface area contributed by atoms with E-state index in [1.165, 1.54) is 7.11 Å². The lowest BCUT2D eigenvalue weighted by molar-refractivity contribution is 0.0730. The van der Waals surface area contributed by atoms with Crippen molar-refractivity contribution in [1.82, 2.24) is 30.0 Å². The number of carbonyl (C=O) groups is 1. The summed E-state index contributed by atoms with van der Waals surface area (Å²) in [6.07, 6.45) is 5.23. The number of H-pyrrole nitrogens is 1. The molecule has 216 valence electrons. The molecule has 42 heavy (non-hydrogen) atoms. The highest BCUT2D eigenvalue weighted by Gasteiger charge is 2.22. The Hall–Kier alpha value is -4.54. The first-order chi connectivity index (χ1) is 20.4. The number of aromatic nitrogens is 4. The normalized spacial score (nSPS) is 14.5. The van der Waals surface area contributed by atoms with E-state index in [1.807, 2.05) is 31.2 Å². The fourth-order valence-corrected chi connectivity index (χ4v) is 5.25. The minimum absolute atomic E-state index is 0.185. The van der Waals surface area contributed by atoms with Crippen LogP contribution in [0.2, 0.25) is 0 Å². The van der Waals surface area contributed by atoms with Gasteiger partial charge in [-0.15, -0.1) is 0 Å². The van der Waals surface area contributed by atoms with E-state index in [0.29, 0.717) is 29.8 Å². The third-order valence-electron chi connectivity index (χ3n) is 7.69. The molecular formula is C32H34N6O4. The summed E-state index contributed by atoms with van der Waals surface area (Å²) in [5, 5.41) is 8.19. The van der Waals surface area contributed by atoms with Crippen molar-refractivity contribution >= 4 is 16.9 Å². The van der Waals surface area contributed by atoms with E-state index in [9.17, 15) is 4.79 Å². The average molecular weight is 567 g/mol. The zero-order chi connectivity index (χ0) is 29.2. The van der Waals surface area contributed by atoms with Crippen molar-refractivity contribution in [2.45, 2.75) is 33.4 Å². The summed E-state index contributed by atoms with van der Waals surface area (Å²) >= 11 is 0. The molecule has 0 bridgehead atoms. The van der Waals surface area contributed by atoms with Gasteiger partial charge in [0.2, 0.25) is 11.8 Å². The van der Waals surface area contributed by atoms with Crippen molar-refractivity contribution in [2.24, 2.45) is 0 Å². The van der Waals surface area contributed by atoms with Crippen LogP contribution in [0.15, 0.2) is 65.5 Å². The molecule has 10 heteroatoms. The average Bonchev–Trinajstić information content (AvgIpc) is 3.67. The van der Waals surface area contributed by atoms with E-state index in [4.69, 9.17) is 13.9 Å². The van der Waals surface area contributed by atoms with Crippen molar-refractivity contribution in [2.75, 3.05) is 33.3 Å². The number of rotatable bonds is 8. The van der Waals surface area contributed by atoms with Gasteiger partial charge in [-0.1, -0.05) is 17.7 Å². The maximum atomic E-state index is 13.1. The van der Waals surface area contributed by atoms with E-state index in [0.717, 1.165) is 59.5 Å². The predicted octanol–water partition coefficient (Wildman–Crippen LogP) is 5.34. The summed E-state index contributed by atoms with van der Waals surface area (Å²) in [7, 11) is 1.48. The fourth-order valence-electron chi connectivity index (χ4n) is 5.25. The third kappa shape index (κ3) is 5.77. The molecule has 1 fully saturated rings. The van der Waals surface area contributed by atoms with Crippen molar-refractivity contribution in [3.63, 3.8) is 0 Å². The van der Waals surface area contributed by atoms with E-state index in [-0.39, 0.29) is 11.4 Å². The Labute approximate surface area is 244 Å². The number of piperazine rings is 1. The zero-order valence-corrected chi connectivity index (χ0v) is 24.3. The van der Waals surface area contributed by atoms with Gasteiger partial charge >= 0.3 is 5.97 Å². The number of pyridine rings is 1. The Morgan fingerprint density at radius 2 is 1.79 bits per heavy atom. The molecule has 0 amide bonds. The number of carbonyl (C=O) groups excluding carboxylic acids is 1. The molecule has 0 aliphatic carbocycles. The molecular weight excluding hydrogens is 532 g/mol. The second-order valence-corrected chi connectivity index (χ2v) is 10.9. The Morgan fingerprint density at radius 1 is 1.00 bits per heavy atom. The number of oxazole rings is 1. The van der Waals surface area contributed by atoms with E-state index < -0.39 is 5.97 Å². The first kappa shape index (κ1) is 27.6. The summed E-state index contributed by atoms with van der Waals surface area (Å²) in [5.74, 6) is 1.40. The molecule has 2 aromatic carbocycles. The number of aryl methyl sites for hydroxylation is 1. The smallest absolute Gasteiger partial charge is 0.349 e. The topological polar surface area (TPSA) is 110 Å². The number of benzene rings is 2. The molecule has 1 aliphatic rings. The first-order valence-electron chi connectivity index (χ1n) is 14.1. The molecule has 0 radical (unpaired) electrons. The fraction of sp³-hybridized carbons (Fsp3) is 0.312. The van der Waals surface area contributed by atoms with E-state index in [1.54, 1.807) is 36.8 Å². The highest BCUT2D eigenvalue weighted by Crippen LogP contribution is 2.34. The van der Waals surface area contributed by atoms with Crippen LogP contribution in [-0.2, 0) is 6.54 Å². The van der Waals surface area contributed by atoms with E-state index in [2.05, 4.69) is 43.8 Å². The number of hydrogen-bond acceptors (Lipinski definition) is 9. The summed E-state index contributed by atoms with van der Waals surface area (Å²) in [5.41, 5.74) is 4.42. The summed E-state index contributed by atoms with van der Waals surface area (Å²) in [4.78, 5) is 27.1. The van der Waals surface area contributed by atoms with Crippen LogP contribution in [0.25, 0.3) is 33.5 Å². The number of ether oxygens (including phenoxy) is 2. The molecule has 1 aliphatic heterocycles. The zero-order valence-electron chi connectivity index (χ0n) is 24.3. The van der Waals surface area contributed by atoms with Gasteiger partial charge in [0, 0.05) is 54.9 Å². The SMILES string of the molecule is COc1ncc(-c2cc(-c3ncc(CN4CCN(C(C)C)CC4)o3)c3cn[nH]c3c2)cc1C(=O)Oc1ccc(C)cc1. The molecule has 0 saturated carbocycles.